The monoisotopic (exact) mass is 261 g/mol. The Morgan fingerprint density at radius 2 is 1.75 bits per heavy atom. The van der Waals surface area contributed by atoms with Crippen LogP contribution in [0.4, 0.5) is 5.69 Å². The summed E-state index contributed by atoms with van der Waals surface area (Å²) < 4.78 is 22.1. The van der Waals surface area contributed by atoms with Crippen LogP contribution in [0.15, 0.2) is 29.2 Å². The molecular formula is C11H16ClNO2S. The number of hydrogen-bond acceptors (Lipinski definition) is 3. The molecule has 0 saturated heterocycles. The van der Waals surface area contributed by atoms with Gasteiger partial charge >= 0.3 is 0 Å². The van der Waals surface area contributed by atoms with Crippen molar-refractivity contribution in [2.24, 2.45) is 0 Å². The number of nitrogens with zero attached hydrogens (tertiary/aromatic N) is 1. The van der Waals surface area contributed by atoms with Gasteiger partial charge in [0.05, 0.1) is 4.90 Å². The third kappa shape index (κ3) is 3.39. The van der Waals surface area contributed by atoms with E-state index in [1.807, 2.05) is 0 Å². The summed E-state index contributed by atoms with van der Waals surface area (Å²) in [4.78, 5) is 2.33. The molecule has 0 saturated carbocycles. The SMILES string of the molecule is CCCN(CC)c1ccc(S(=O)(=O)Cl)cc1. The zero-order valence-corrected chi connectivity index (χ0v) is 11.1. The molecule has 16 heavy (non-hydrogen) atoms. The van der Waals surface area contributed by atoms with Crippen molar-refractivity contribution in [3.8, 4) is 0 Å². The summed E-state index contributed by atoms with van der Waals surface area (Å²) in [6, 6.07) is 6.65. The molecule has 1 rings (SSSR count). The highest BCUT2D eigenvalue weighted by atomic mass is 35.7. The molecular weight excluding hydrogens is 246 g/mol. The lowest BCUT2D eigenvalue weighted by Crippen LogP contribution is -2.23. The highest BCUT2D eigenvalue weighted by Gasteiger charge is 2.10. The van der Waals surface area contributed by atoms with Crippen LogP contribution < -0.4 is 4.90 Å². The quantitative estimate of drug-likeness (QED) is 0.765. The first kappa shape index (κ1) is 13.3. The van der Waals surface area contributed by atoms with Gasteiger partial charge in [-0.3, -0.25) is 0 Å². The van der Waals surface area contributed by atoms with Gasteiger partial charge in [-0.2, -0.15) is 0 Å². The van der Waals surface area contributed by atoms with Gasteiger partial charge in [0.25, 0.3) is 9.05 Å². The Morgan fingerprint density at radius 3 is 2.12 bits per heavy atom. The molecule has 0 aliphatic carbocycles. The molecule has 0 bridgehead atoms. The van der Waals surface area contributed by atoms with Crippen LogP contribution in [0.2, 0.25) is 0 Å². The molecule has 0 unspecified atom stereocenters. The summed E-state index contributed by atoms with van der Waals surface area (Å²) in [7, 11) is 1.63. The lowest BCUT2D eigenvalue weighted by atomic mass is 10.2. The van der Waals surface area contributed by atoms with Crippen molar-refractivity contribution in [3.05, 3.63) is 24.3 Å². The first-order valence-electron chi connectivity index (χ1n) is 5.28. The van der Waals surface area contributed by atoms with Crippen LogP contribution >= 0.6 is 10.7 Å². The number of benzene rings is 1. The highest BCUT2D eigenvalue weighted by molar-refractivity contribution is 8.13. The molecule has 5 heteroatoms. The molecule has 0 spiro atoms. The van der Waals surface area contributed by atoms with Gasteiger partial charge in [0.1, 0.15) is 0 Å². The average Bonchev–Trinajstić information content (AvgIpc) is 2.25. The molecule has 0 radical (unpaired) electrons. The predicted molar refractivity (Wildman–Crippen MR) is 67.7 cm³/mol. The fourth-order valence-corrected chi connectivity index (χ4v) is 2.33. The van der Waals surface area contributed by atoms with Crippen LogP contribution in [-0.4, -0.2) is 21.5 Å². The fraction of sp³-hybridized carbons (Fsp3) is 0.455. The minimum atomic E-state index is -3.61. The van der Waals surface area contributed by atoms with Gasteiger partial charge in [-0.25, -0.2) is 8.42 Å². The van der Waals surface area contributed by atoms with E-state index in [4.69, 9.17) is 10.7 Å². The summed E-state index contributed by atoms with van der Waals surface area (Å²) >= 11 is 0. The highest BCUT2D eigenvalue weighted by Crippen LogP contribution is 2.20. The smallest absolute Gasteiger partial charge is 0.261 e. The first-order valence-corrected chi connectivity index (χ1v) is 7.59. The van der Waals surface area contributed by atoms with Gasteiger partial charge in [-0.05, 0) is 37.6 Å². The van der Waals surface area contributed by atoms with Crippen LogP contribution in [0.1, 0.15) is 20.3 Å². The average molecular weight is 262 g/mol. The van der Waals surface area contributed by atoms with E-state index in [1.165, 1.54) is 12.1 Å². The summed E-state index contributed by atoms with van der Waals surface area (Å²) in [5, 5.41) is 0. The van der Waals surface area contributed by atoms with Gasteiger partial charge in [0, 0.05) is 29.5 Å². The third-order valence-electron chi connectivity index (χ3n) is 2.36. The molecule has 0 amide bonds. The van der Waals surface area contributed by atoms with Gasteiger partial charge < -0.3 is 4.90 Å². The second kappa shape index (κ2) is 5.55. The molecule has 0 atom stereocenters. The Balaban J connectivity index is 2.93. The standard InChI is InChI=1S/C11H16ClNO2S/c1-3-9-13(4-2)10-5-7-11(8-6-10)16(12,14)15/h5-8H,3-4,9H2,1-2H3. The summed E-state index contributed by atoms with van der Waals surface area (Å²) in [5.74, 6) is 0. The number of hydrogen-bond donors (Lipinski definition) is 0. The molecule has 90 valence electrons. The minimum absolute atomic E-state index is 0.144. The largest absolute Gasteiger partial charge is 0.372 e. The van der Waals surface area contributed by atoms with E-state index in [-0.39, 0.29) is 4.90 Å². The molecule has 0 heterocycles. The summed E-state index contributed by atoms with van der Waals surface area (Å²) in [5.41, 5.74) is 1.02. The molecule has 0 N–H and O–H groups in total. The van der Waals surface area contributed by atoms with Gasteiger partial charge in [0.15, 0.2) is 0 Å². The van der Waals surface area contributed by atoms with Crippen molar-refractivity contribution in [2.75, 3.05) is 18.0 Å². The summed E-state index contributed by atoms with van der Waals surface area (Å²) in [6.45, 7) is 6.05. The van der Waals surface area contributed by atoms with Gasteiger partial charge in [-0.15, -0.1) is 0 Å². The maximum absolute atomic E-state index is 11.1. The lowest BCUT2D eigenvalue weighted by Gasteiger charge is -2.22. The van der Waals surface area contributed by atoms with E-state index in [0.717, 1.165) is 25.2 Å². The topological polar surface area (TPSA) is 37.4 Å². The van der Waals surface area contributed by atoms with Crippen molar-refractivity contribution >= 4 is 25.4 Å². The van der Waals surface area contributed by atoms with Crippen molar-refractivity contribution in [2.45, 2.75) is 25.2 Å². The summed E-state index contributed by atoms with van der Waals surface area (Å²) in [6.07, 6.45) is 1.06. The third-order valence-corrected chi connectivity index (χ3v) is 3.73. The molecule has 0 aromatic heterocycles. The number of halogens is 1. The van der Waals surface area contributed by atoms with Crippen molar-refractivity contribution < 1.29 is 8.42 Å². The van der Waals surface area contributed by atoms with E-state index in [2.05, 4.69) is 18.7 Å². The van der Waals surface area contributed by atoms with E-state index < -0.39 is 9.05 Å². The van der Waals surface area contributed by atoms with E-state index >= 15 is 0 Å². The fourth-order valence-electron chi connectivity index (χ4n) is 1.56. The van der Waals surface area contributed by atoms with Gasteiger partial charge in [0.2, 0.25) is 0 Å². The Bertz CT molecular complexity index is 428. The number of rotatable bonds is 5. The molecule has 0 aliphatic heterocycles. The molecule has 0 fully saturated rings. The maximum Gasteiger partial charge on any atom is 0.261 e. The zero-order chi connectivity index (χ0) is 12.2. The lowest BCUT2D eigenvalue weighted by molar-refractivity contribution is 0.609. The Labute approximate surface area is 101 Å². The molecule has 1 aromatic carbocycles. The van der Waals surface area contributed by atoms with Crippen LogP contribution in [0, 0.1) is 0 Å². The van der Waals surface area contributed by atoms with Crippen molar-refractivity contribution in [3.63, 3.8) is 0 Å². The van der Waals surface area contributed by atoms with Crippen LogP contribution in [0.25, 0.3) is 0 Å². The second-order valence-corrected chi connectivity index (χ2v) is 6.08. The second-order valence-electron chi connectivity index (χ2n) is 3.51. The van der Waals surface area contributed by atoms with E-state index in [9.17, 15) is 8.42 Å². The van der Waals surface area contributed by atoms with Crippen LogP contribution in [0.5, 0.6) is 0 Å². The van der Waals surface area contributed by atoms with Crippen LogP contribution in [-0.2, 0) is 9.05 Å². The van der Waals surface area contributed by atoms with Crippen molar-refractivity contribution in [1.82, 2.24) is 0 Å². The molecule has 0 aliphatic rings. The Morgan fingerprint density at radius 1 is 1.19 bits per heavy atom. The van der Waals surface area contributed by atoms with Gasteiger partial charge in [-0.1, -0.05) is 6.92 Å². The first-order chi connectivity index (χ1) is 7.49. The molecule has 1 aromatic rings. The predicted octanol–water partition coefficient (Wildman–Crippen LogP) is 2.85. The molecule has 3 nitrogen and oxygen atoms in total. The Kier molecular flexibility index (Phi) is 4.62. The van der Waals surface area contributed by atoms with E-state index in [1.54, 1.807) is 12.1 Å². The maximum atomic E-state index is 11.1. The normalized spacial score (nSPS) is 11.4. The van der Waals surface area contributed by atoms with Crippen LogP contribution in [0.3, 0.4) is 0 Å². The van der Waals surface area contributed by atoms with Crippen molar-refractivity contribution in [1.29, 1.82) is 0 Å². The minimum Gasteiger partial charge on any atom is -0.372 e. The zero-order valence-electron chi connectivity index (χ0n) is 9.48. The number of anilines is 1. The Hall–Kier alpha value is -0.740. The van der Waals surface area contributed by atoms with E-state index in [0.29, 0.717) is 0 Å².